The van der Waals surface area contributed by atoms with Crippen molar-refractivity contribution in [1.29, 1.82) is 0 Å². The fraction of sp³-hybridized carbons (Fsp3) is 0.500. The first kappa shape index (κ1) is 12.5. The number of carboxylic acids is 1. The van der Waals surface area contributed by atoms with E-state index in [0.717, 1.165) is 6.42 Å². The van der Waals surface area contributed by atoms with Crippen LogP contribution in [0.2, 0.25) is 0 Å². The molecule has 6 heteroatoms. The molecule has 18 heavy (non-hydrogen) atoms. The number of aromatic nitrogens is 2. The van der Waals surface area contributed by atoms with Crippen LogP contribution in [0.15, 0.2) is 12.5 Å². The molecule has 0 aliphatic carbocycles. The first-order valence-electron chi connectivity index (χ1n) is 5.88. The zero-order valence-corrected chi connectivity index (χ0v) is 10.2. The van der Waals surface area contributed by atoms with E-state index in [4.69, 9.17) is 5.11 Å². The Morgan fingerprint density at radius 3 is 2.94 bits per heavy atom. The quantitative estimate of drug-likeness (QED) is 0.835. The Balaban J connectivity index is 2.14. The maximum atomic E-state index is 12.2. The van der Waals surface area contributed by atoms with Crippen molar-refractivity contribution in [3.8, 4) is 0 Å². The molecule has 1 aromatic heterocycles. The summed E-state index contributed by atoms with van der Waals surface area (Å²) in [6.45, 7) is 2.60. The van der Waals surface area contributed by atoms with Gasteiger partial charge in [-0.25, -0.2) is 9.97 Å². The van der Waals surface area contributed by atoms with Crippen LogP contribution in [-0.4, -0.2) is 44.9 Å². The van der Waals surface area contributed by atoms with Crippen LogP contribution in [0.1, 0.15) is 28.9 Å². The number of piperidine rings is 1. The van der Waals surface area contributed by atoms with Crippen molar-refractivity contribution >= 4 is 11.9 Å². The Hall–Kier alpha value is -1.98. The molecule has 2 rings (SSSR count). The maximum absolute atomic E-state index is 12.2. The number of aliphatic carboxylic acids is 1. The number of rotatable bonds is 2. The molecule has 1 atom stereocenters. The van der Waals surface area contributed by atoms with Crippen LogP contribution in [0, 0.1) is 12.8 Å². The molecule has 1 aliphatic rings. The number of amides is 1. The Labute approximate surface area is 105 Å². The molecule has 0 spiro atoms. The first-order valence-corrected chi connectivity index (χ1v) is 5.88. The molecule has 6 nitrogen and oxygen atoms in total. The largest absolute Gasteiger partial charge is 0.481 e. The highest BCUT2D eigenvalue weighted by Crippen LogP contribution is 2.19. The van der Waals surface area contributed by atoms with Gasteiger partial charge >= 0.3 is 5.97 Å². The predicted octanol–water partition coefficient (Wildman–Crippen LogP) is 0.722. The van der Waals surface area contributed by atoms with Crippen molar-refractivity contribution in [2.45, 2.75) is 19.8 Å². The van der Waals surface area contributed by atoms with Crippen LogP contribution in [0.5, 0.6) is 0 Å². The number of carbonyl (C=O) groups is 2. The lowest BCUT2D eigenvalue weighted by atomic mass is 9.97. The summed E-state index contributed by atoms with van der Waals surface area (Å²) in [6.07, 6.45) is 4.22. The fourth-order valence-corrected chi connectivity index (χ4v) is 2.13. The van der Waals surface area contributed by atoms with Crippen LogP contribution < -0.4 is 0 Å². The van der Waals surface area contributed by atoms with Gasteiger partial charge in [0.15, 0.2) is 0 Å². The van der Waals surface area contributed by atoms with Crippen LogP contribution in [0.25, 0.3) is 0 Å². The topological polar surface area (TPSA) is 83.4 Å². The Bertz CT molecular complexity index is 475. The lowest BCUT2D eigenvalue weighted by Gasteiger charge is -2.30. The molecule has 2 heterocycles. The SMILES string of the molecule is Cc1ncncc1C(=O)N1CCC[C@H](C(=O)O)C1. The Morgan fingerprint density at radius 2 is 2.28 bits per heavy atom. The third-order valence-electron chi connectivity index (χ3n) is 3.20. The van der Waals surface area contributed by atoms with Gasteiger partial charge in [-0.05, 0) is 19.8 Å². The average Bonchev–Trinajstić information content (AvgIpc) is 2.38. The fourth-order valence-electron chi connectivity index (χ4n) is 2.13. The number of carbonyl (C=O) groups excluding carboxylic acids is 1. The predicted molar refractivity (Wildman–Crippen MR) is 63.0 cm³/mol. The summed E-state index contributed by atoms with van der Waals surface area (Å²) in [5.74, 6) is -1.49. The second-order valence-corrected chi connectivity index (χ2v) is 4.45. The van der Waals surface area contributed by atoms with Crippen LogP contribution in [0.3, 0.4) is 0 Å². The summed E-state index contributed by atoms with van der Waals surface area (Å²) < 4.78 is 0. The van der Waals surface area contributed by atoms with E-state index in [1.165, 1.54) is 12.5 Å². The van der Waals surface area contributed by atoms with E-state index in [-0.39, 0.29) is 12.5 Å². The minimum Gasteiger partial charge on any atom is -0.481 e. The van der Waals surface area contributed by atoms with Gasteiger partial charge in [0.05, 0.1) is 17.2 Å². The number of hydrogen-bond donors (Lipinski definition) is 1. The highest BCUT2D eigenvalue weighted by Gasteiger charge is 2.29. The Kier molecular flexibility index (Phi) is 3.55. The molecule has 96 valence electrons. The van der Waals surface area contributed by atoms with Crippen molar-refractivity contribution in [1.82, 2.24) is 14.9 Å². The van der Waals surface area contributed by atoms with Gasteiger partial charge in [-0.1, -0.05) is 0 Å². The van der Waals surface area contributed by atoms with Crippen molar-refractivity contribution in [2.75, 3.05) is 13.1 Å². The molecule has 1 fully saturated rings. The summed E-state index contributed by atoms with van der Waals surface area (Å²) in [6, 6.07) is 0. The van der Waals surface area contributed by atoms with Crippen molar-refractivity contribution in [3.05, 3.63) is 23.8 Å². The minimum atomic E-state index is -0.839. The van der Waals surface area contributed by atoms with E-state index in [1.807, 2.05) is 0 Å². The van der Waals surface area contributed by atoms with E-state index in [2.05, 4.69) is 9.97 Å². The third kappa shape index (κ3) is 2.47. The second kappa shape index (κ2) is 5.12. The number of hydrogen-bond acceptors (Lipinski definition) is 4. The maximum Gasteiger partial charge on any atom is 0.308 e. The summed E-state index contributed by atoms with van der Waals surface area (Å²) in [5, 5.41) is 9.00. The molecule has 0 aromatic carbocycles. The molecule has 1 aromatic rings. The number of nitrogens with zero attached hydrogens (tertiary/aromatic N) is 3. The molecule has 1 saturated heterocycles. The van der Waals surface area contributed by atoms with E-state index in [9.17, 15) is 9.59 Å². The van der Waals surface area contributed by atoms with E-state index in [1.54, 1.807) is 11.8 Å². The number of carboxylic acid groups (broad SMARTS) is 1. The monoisotopic (exact) mass is 249 g/mol. The van der Waals surface area contributed by atoms with Crippen LogP contribution >= 0.6 is 0 Å². The van der Waals surface area contributed by atoms with Gasteiger partial charge in [-0.2, -0.15) is 0 Å². The smallest absolute Gasteiger partial charge is 0.308 e. The van der Waals surface area contributed by atoms with Gasteiger partial charge in [0, 0.05) is 19.3 Å². The first-order chi connectivity index (χ1) is 8.59. The lowest BCUT2D eigenvalue weighted by molar-refractivity contribution is -0.143. The van der Waals surface area contributed by atoms with E-state index >= 15 is 0 Å². The normalized spacial score (nSPS) is 19.6. The number of likely N-dealkylation sites (tertiary alicyclic amines) is 1. The summed E-state index contributed by atoms with van der Waals surface area (Å²) in [4.78, 5) is 32.6. The molecule has 0 bridgehead atoms. The lowest BCUT2D eigenvalue weighted by Crippen LogP contribution is -2.42. The van der Waals surface area contributed by atoms with Crippen LogP contribution in [-0.2, 0) is 4.79 Å². The highest BCUT2D eigenvalue weighted by molar-refractivity contribution is 5.95. The highest BCUT2D eigenvalue weighted by atomic mass is 16.4. The molecule has 0 saturated carbocycles. The van der Waals surface area contributed by atoms with Crippen LogP contribution in [0.4, 0.5) is 0 Å². The van der Waals surface area contributed by atoms with Gasteiger partial charge in [0.25, 0.3) is 5.91 Å². The molecule has 1 N–H and O–H groups in total. The average molecular weight is 249 g/mol. The van der Waals surface area contributed by atoms with Crippen molar-refractivity contribution in [3.63, 3.8) is 0 Å². The van der Waals surface area contributed by atoms with Crippen molar-refractivity contribution in [2.24, 2.45) is 5.92 Å². The standard InChI is InChI=1S/C12H15N3O3/c1-8-10(5-13-7-14-8)11(16)15-4-2-3-9(6-15)12(17)18/h5,7,9H,2-4,6H2,1H3,(H,17,18)/t9-/m0/s1. The van der Waals surface area contributed by atoms with Gasteiger partial charge < -0.3 is 10.0 Å². The summed E-state index contributed by atoms with van der Waals surface area (Å²) in [5.41, 5.74) is 1.07. The molecular weight excluding hydrogens is 234 g/mol. The molecule has 0 radical (unpaired) electrons. The zero-order valence-electron chi connectivity index (χ0n) is 10.2. The summed E-state index contributed by atoms with van der Waals surface area (Å²) >= 11 is 0. The number of aryl methyl sites for hydroxylation is 1. The summed E-state index contributed by atoms with van der Waals surface area (Å²) in [7, 11) is 0. The van der Waals surface area contributed by atoms with Gasteiger partial charge in [-0.15, -0.1) is 0 Å². The minimum absolute atomic E-state index is 0.181. The van der Waals surface area contributed by atoms with Crippen molar-refractivity contribution < 1.29 is 14.7 Å². The Morgan fingerprint density at radius 1 is 1.50 bits per heavy atom. The van der Waals surface area contributed by atoms with Gasteiger partial charge in [-0.3, -0.25) is 9.59 Å². The third-order valence-corrected chi connectivity index (χ3v) is 3.20. The zero-order chi connectivity index (χ0) is 13.1. The van der Waals surface area contributed by atoms with E-state index < -0.39 is 11.9 Å². The second-order valence-electron chi connectivity index (χ2n) is 4.45. The molecule has 1 aliphatic heterocycles. The molecular formula is C12H15N3O3. The van der Waals surface area contributed by atoms with Gasteiger partial charge in [0.1, 0.15) is 6.33 Å². The van der Waals surface area contributed by atoms with Gasteiger partial charge in [0.2, 0.25) is 0 Å². The van der Waals surface area contributed by atoms with E-state index in [0.29, 0.717) is 24.2 Å². The molecule has 0 unspecified atom stereocenters. The molecule has 1 amide bonds.